The molecule has 0 heterocycles. The molecule has 5 heteroatoms. The molecule has 1 aromatic carbocycles. The second kappa shape index (κ2) is 6.26. The van der Waals surface area contributed by atoms with Gasteiger partial charge in [-0.05, 0) is 31.5 Å². The first kappa shape index (κ1) is 13.5. The fourth-order valence-electron chi connectivity index (χ4n) is 1.41. The Morgan fingerprint density at radius 2 is 2.35 bits per heavy atom. The lowest BCUT2D eigenvalue weighted by Crippen LogP contribution is -2.17. The molecule has 90 valence electrons. The third-order valence-electron chi connectivity index (χ3n) is 2.30. The average Bonchev–Trinajstić information content (AvgIpc) is 2.28. The van der Waals surface area contributed by atoms with Gasteiger partial charge in [-0.15, -0.1) is 0 Å². The van der Waals surface area contributed by atoms with Gasteiger partial charge in [0.2, 0.25) is 0 Å². The smallest absolute Gasteiger partial charge is 0.303 e. The zero-order valence-electron chi connectivity index (χ0n) is 9.40. The van der Waals surface area contributed by atoms with Crippen LogP contribution in [0.2, 0.25) is 0 Å². The molecule has 0 fully saturated rings. The van der Waals surface area contributed by atoms with Crippen LogP contribution >= 0.6 is 15.9 Å². The van der Waals surface area contributed by atoms with E-state index in [4.69, 9.17) is 10.4 Å². The van der Waals surface area contributed by atoms with E-state index in [0.29, 0.717) is 12.0 Å². The number of hydrogen-bond acceptors (Lipinski definition) is 3. The largest absolute Gasteiger partial charge is 0.481 e. The first-order valence-electron chi connectivity index (χ1n) is 5.21. The van der Waals surface area contributed by atoms with Crippen molar-refractivity contribution in [2.75, 3.05) is 5.32 Å². The summed E-state index contributed by atoms with van der Waals surface area (Å²) in [6, 6.07) is 7.49. The van der Waals surface area contributed by atoms with E-state index >= 15 is 0 Å². The third kappa shape index (κ3) is 4.45. The highest BCUT2D eigenvalue weighted by atomic mass is 79.9. The zero-order valence-corrected chi connectivity index (χ0v) is 11.0. The number of nitrogens with one attached hydrogen (secondary N) is 1. The van der Waals surface area contributed by atoms with Crippen molar-refractivity contribution in [1.29, 1.82) is 5.26 Å². The van der Waals surface area contributed by atoms with E-state index < -0.39 is 5.97 Å². The molecule has 0 aliphatic rings. The highest BCUT2D eigenvalue weighted by molar-refractivity contribution is 9.10. The molecule has 0 aliphatic heterocycles. The maximum Gasteiger partial charge on any atom is 0.303 e. The Labute approximate surface area is 108 Å². The Kier molecular flexibility index (Phi) is 4.98. The molecule has 0 amide bonds. The van der Waals surface area contributed by atoms with E-state index in [9.17, 15) is 4.79 Å². The highest BCUT2D eigenvalue weighted by Crippen LogP contribution is 2.21. The summed E-state index contributed by atoms with van der Waals surface area (Å²) in [5, 5.41) is 20.7. The Hall–Kier alpha value is -1.54. The fourth-order valence-corrected chi connectivity index (χ4v) is 1.77. The van der Waals surface area contributed by atoms with Gasteiger partial charge in [-0.1, -0.05) is 15.9 Å². The van der Waals surface area contributed by atoms with E-state index in [-0.39, 0.29) is 12.5 Å². The molecule has 0 aliphatic carbocycles. The normalized spacial score (nSPS) is 11.6. The monoisotopic (exact) mass is 296 g/mol. The molecule has 0 saturated carbocycles. The van der Waals surface area contributed by atoms with Crippen LogP contribution in [0.3, 0.4) is 0 Å². The molecular weight excluding hydrogens is 284 g/mol. The van der Waals surface area contributed by atoms with Crippen LogP contribution < -0.4 is 5.32 Å². The van der Waals surface area contributed by atoms with Crippen molar-refractivity contribution in [2.24, 2.45) is 0 Å². The van der Waals surface area contributed by atoms with Crippen molar-refractivity contribution < 1.29 is 9.90 Å². The summed E-state index contributed by atoms with van der Waals surface area (Å²) >= 11 is 3.30. The quantitative estimate of drug-likeness (QED) is 0.876. The van der Waals surface area contributed by atoms with Gasteiger partial charge in [0.05, 0.1) is 11.3 Å². The molecule has 4 nitrogen and oxygen atoms in total. The van der Waals surface area contributed by atoms with Crippen LogP contribution in [0.5, 0.6) is 0 Å². The van der Waals surface area contributed by atoms with Crippen molar-refractivity contribution in [1.82, 2.24) is 0 Å². The van der Waals surface area contributed by atoms with Crippen molar-refractivity contribution >= 4 is 27.6 Å². The number of carboxylic acid groups (broad SMARTS) is 1. The van der Waals surface area contributed by atoms with Crippen molar-refractivity contribution in [3.05, 3.63) is 28.2 Å². The standard InChI is InChI=1S/C12H13BrN2O2/c1-8(2-5-12(16)17)15-11-4-3-10(13)6-9(11)7-14/h3-4,6,8,15H,2,5H2,1H3,(H,16,17). The summed E-state index contributed by atoms with van der Waals surface area (Å²) in [4.78, 5) is 10.4. The summed E-state index contributed by atoms with van der Waals surface area (Å²) in [7, 11) is 0. The molecule has 0 spiro atoms. The van der Waals surface area contributed by atoms with E-state index in [2.05, 4.69) is 27.3 Å². The summed E-state index contributed by atoms with van der Waals surface area (Å²) in [6.45, 7) is 1.89. The molecule has 1 unspecified atom stereocenters. The Morgan fingerprint density at radius 3 is 2.94 bits per heavy atom. The van der Waals surface area contributed by atoms with Gasteiger partial charge in [-0.25, -0.2) is 0 Å². The van der Waals surface area contributed by atoms with Gasteiger partial charge < -0.3 is 10.4 Å². The molecule has 0 bridgehead atoms. The Balaban J connectivity index is 2.68. The number of carbonyl (C=O) groups is 1. The van der Waals surface area contributed by atoms with Crippen LogP contribution in [0.1, 0.15) is 25.3 Å². The Bertz CT molecular complexity index is 454. The van der Waals surface area contributed by atoms with Crippen LogP contribution in [-0.4, -0.2) is 17.1 Å². The molecule has 17 heavy (non-hydrogen) atoms. The second-order valence-electron chi connectivity index (χ2n) is 3.78. The van der Waals surface area contributed by atoms with Crippen LogP contribution in [0, 0.1) is 11.3 Å². The fraction of sp³-hybridized carbons (Fsp3) is 0.333. The number of benzene rings is 1. The van der Waals surface area contributed by atoms with Gasteiger partial charge in [0.15, 0.2) is 0 Å². The average molecular weight is 297 g/mol. The van der Waals surface area contributed by atoms with Gasteiger partial charge in [-0.2, -0.15) is 5.26 Å². The van der Waals surface area contributed by atoms with Crippen LogP contribution in [0.15, 0.2) is 22.7 Å². The summed E-state index contributed by atoms with van der Waals surface area (Å²) in [5.41, 5.74) is 1.27. The van der Waals surface area contributed by atoms with Crippen LogP contribution in [0.25, 0.3) is 0 Å². The van der Waals surface area contributed by atoms with Crippen LogP contribution in [0.4, 0.5) is 5.69 Å². The number of hydrogen-bond donors (Lipinski definition) is 2. The topological polar surface area (TPSA) is 73.1 Å². The molecule has 0 saturated heterocycles. The van der Waals surface area contributed by atoms with Gasteiger partial charge in [0.25, 0.3) is 0 Å². The minimum atomic E-state index is -0.810. The van der Waals surface area contributed by atoms with Crippen molar-refractivity contribution in [3.63, 3.8) is 0 Å². The number of nitriles is 1. The molecule has 1 atom stereocenters. The second-order valence-corrected chi connectivity index (χ2v) is 4.70. The summed E-state index contributed by atoms with van der Waals surface area (Å²) in [6.07, 6.45) is 0.642. The minimum absolute atomic E-state index is 0.0133. The van der Waals surface area contributed by atoms with E-state index in [1.165, 1.54) is 0 Å². The number of carboxylic acids is 1. The predicted octanol–water partition coefficient (Wildman–Crippen LogP) is 2.99. The Morgan fingerprint density at radius 1 is 1.65 bits per heavy atom. The minimum Gasteiger partial charge on any atom is -0.481 e. The number of aliphatic carboxylic acids is 1. The lowest BCUT2D eigenvalue weighted by atomic mass is 10.1. The molecule has 1 aromatic rings. The number of rotatable bonds is 5. The summed E-state index contributed by atoms with van der Waals surface area (Å²) < 4.78 is 0.845. The molecular formula is C12H13BrN2O2. The van der Waals surface area contributed by atoms with Crippen LogP contribution in [-0.2, 0) is 4.79 Å². The van der Waals surface area contributed by atoms with Gasteiger partial charge in [0.1, 0.15) is 6.07 Å². The first-order chi connectivity index (χ1) is 8.02. The highest BCUT2D eigenvalue weighted by Gasteiger charge is 2.08. The molecule has 1 rings (SSSR count). The van der Waals surface area contributed by atoms with E-state index in [1.807, 2.05) is 13.0 Å². The van der Waals surface area contributed by atoms with Gasteiger partial charge >= 0.3 is 5.97 Å². The van der Waals surface area contributed by atoms with Crippen molar-refractivity contribution in [2.45, 2.75) is 25.8 Å². The number of halogens is 1. The van der Waals surface area contributed by atoms with Gasteiger partial charge in [0, 0.05) is 16.9 Å². The lowest BCUT2D eigenvalue weighted by molar-refractivity contribution is -0.137. The van der Waals surface area contributed by atoms with Gasteiger partial charge in [-0.3, -0.25) is 4.79 Å². The number of anilines is 1. The molecule has 0 aromatic heterocycles. The maximum atomic E-state index is 10.4. The third-order valence-corrected chi connectivity index (χ3v) is 2.79. The molecule has 0 radical (unpaired) electrons. The lowest BCUT2D eigenvalue weighted by Gasteiger charge is -2.15. The zero-order chi connectivity index (χ0) is 12.8. The van der Waals surface area contributed by atoms with Crippen molar-refractivity contribution in [3.8, 4) is 6.07 Å². The summed E-state index contributed by atoms with van der Waals surface area (Å²) in [5.74, 6) is -0.810. The predicted molar refractivity (Wildman–Crippen MR) is 68.8 cm³/mol. The first-order valence-corrected chi connectivity index (χ1v) is 6.00. The molecule has 2 N–H and O–H groups in total. The van der Waals surface area contributed by atoms with E-state index in [0.717, 1.165) is 10.2 Å². The number of nitrogens with zero attached hydrogens (tertiary/aromatic N) is 1. The SMILES string of the molecule is CC(CCC(=O)O)Nc1ccc(Br)cc1C#N. The van der Waals surface area contributed by atoms with E-state index in [1.54, 1.807) is 12.1 Å². The maximum absolute atomic E-state index is 10.4.